The molecule has 0 saturated carbocycles. The molecule has 0 aromatic rings. The molecular weight excluding hydrogens is 959 g/mol. The number of hydrogen-bond acceptors (Lipinski definition) is 5. The van der Waals surface area contributed by atoms with Crippen LogP contribution in [0.4, 0.5) is 0 Å². The van der Waals surface area contributed by atoms with Crippen LogP contribution in [0, 0.1) is 0 Å². The fourth-order valence-corrected chi connectivity index (χ4v) is 10.4. The smallest absolute Gasteiger partial charge is 0.305 e. The number of carbonyl (C=O) groups is 2. The van der Waals surface area contributed by atoms with E-state index in [1.807, 2.05) is 6.08 Å². The molecule has 2 atom stereocenters. The van der Waals surface area contributed by atoms with Gasteiger partial charge in [0.25, 0.3) is 0 Å². The van der Waals surface area contributed by atoms with Gasteiger partial charge in [-0.25, -0.2) is 0 Å². The number of aliphatic hydroxyl groups excluding tert-OH is 2. The standard InChI is InChI=1S/C72H133NO5/c1-3-5-7-9-11-13-15-17-19-20-21-22-23-25-28-31-34-37-40-44-48-52-56-60-64-70(75)69(68-74)73-71(76)65-61-57-53-49-45-41-38-35-32-29-26-24-27-30-33-36-39-43-47-51-55-59-63-67-78-72(77)66-62-58-54-50-46-42-18-16-14-12-10-8-6-4-2/h10,12,16,18,24,27,29,32,60,64,69-70,74-75H,3-9,11,13-15,17,19-23,25-26,28,30-31,33-59,61-63,65-68H2,1-2H3,(H,73,76)/b12-10-,18-16-,27-24-,32-29-,64-60+. The van der Waals surface area contributed by atoms with Crippen molar-refractivity contribution in [3.05, 3.63) is 60.8 Å². The Morgan fingerprint density at radius 2 is 0.654 bits per heavy atom. The maximum absolute atomic E-state index is 12.5. The lowest BCUT2D eigenvalue weighted by atomic mass is 10.0. The maximum atomic E-state index is 12.5. The van der Waals surface area contributed by atoms with Gasteiger partial charge < -0.3 is 20.3 Å². The fraction of sp³-hybridized carbons (Fsp3) is 0.833. The molecule has 2 unspecified atom stereocenters. The lowest BCUT2D eigenvalue weighted by molar-refractivity contribution is -0.143. The summed E-state index contributed by atoms with van der Waals surface area (Å²) in [5.74, 6) is -0.0842. The zero-order valence-electron chi connectivity index (χ0n) is 52.1. The number of amides is 1. The van der Waals surface area contributed by atoms with E-state index in [1.165, 1.54) is 263 Å². The van der Waals surface area contributed by atoms with Gasteiger partial charge in [-0.05, 0) is 89.9 Å². The number of nitrogens with one attached hydrogen (secondary N) is 1. The Balaban J connectivity index is 3.49. The summed E-state index contributed by atoms with van der Waals surface area (Å²) in [6, 6.07) is -0.639. The summed E-state index contributed by atoms with van der Waals surface area (Å²) in [7, 11) is 0. The highest BCUT2D eigenvalue weighted by Crippen LogP contribution is 2.18. The van der Waals surface area contributed by atoms with Crippen LogP contribution in [0.25, 0.3) is 0 Å². The number of rotatable bonds is 64. The van der Waals surface area contributed by atoms with Gasteiger partial charge in [0.1, 0.15) is 0 Å². The van der Waals surface area contributed by atoms with Crippen molar-refractivity contribution in [3.8, 4) is 0 Å². The van der Waals surface area contributed by atoms with Gasteiger partial charge in [0.05, 0.1) is 25.4 Å². The van der Waals surface area contributed by atoms with Crippen molar-refractivity contribution in [2.24, 2.45) is 0 Å². The number of unbranched alkanes of at least 4 members (excludes halogenated alkanes) is 45. The van der Waals surface area contributed by atoms with Gasteiger partial charge in [0, 0.05) is 12.8 Å². The van der Waals surface area contributed by atoms with E-state index < -0.39 is 12.1 Å². The highest BCUT2D eigenvalue weighted by molar-refractivity contribution is 5.76. The predicted octanol–water partition coefficient (Wildman–Crippen LogP) is 22.3. The van der Waals surface area contributed by atoms with Crippen LogP contribution in [-0.2, 0) is 14.3 Å². The lowest BCUT2D eigenvalue weighted by Gasteiger charge is -2.20. The monoisotopic (exact) mass is 1090 g/mol. The van der Waals surface area contributed by atoms with E-state index in [0.29, 0.717) is 19.4 Å². The van der Waals surface area contributed by atoms with Crippen LogP contribution < -0.4 is 5.32 Å². The van der Waals surface area contributed by atoms with Crippen molar-refractivity contribution in [2.75, 3.05) is 13.2 Å². The molecule has 0 aliphatic heterocycles. The number of hydrogen-bond donors (Lipinski definition) is 3. The first-order chi connectivity index (χ1) is 38.5. The molecular formula is C72H133NO5. The second-order valence-electron chi connectivity index (χ2n) is 23.5. The average Bonchev–Trinajstić information content (AvgIpc) is 3.44. The van der Waals surface area contributed by atoms with E-state index in [9.17, 15) is 19.8 Å². The van der Waals surface area contributed by atoms with Gasteiger partial charge in [-0.3, -0.25) is 9.59 Å². The Morgan fingerprint density at radius 1 is 0.359 bits per heavy atom. The molecule has 6 heteroatoms. The van der Waals surface area contributed by atoms with Crippen molar-refractivity contribution in [2.45, 2.75) is 373 Å². The third-order valence-electron chi connectivity index (χ3n) is 15.8. The van der Waals surface area contributed by atoms with E-state index in [4.69, 9.17) is 4.74 Å². The molecule has 0 saturated heterocycles. The van der Waals surface area contributed by atoms with Gasteiger partial charge in [0.15, 0.2) is 0 Å². The summed E-state index contributed by atoms with van der Waals surface area (Å²) in [5, 5.41) is 23.3. The lowest BCUT2D eigenvalue weighted by Crippen LogP contribution is -2.45. The highest BCUT2D eigenvalue weighted by Gasteiger charge is 2.18. The average molecular weight is 1090 g/mol. The number of carbonyl (C=O) groups excluding carboxylic acids is 2. The van der Waals surface area contributed by atoms with Crippen LogP contribution in [0.1, 0.15) is 361 Å². The van der Waals surface area contributed by atoms with Gasteiger partial charge in [-0.1, -0.05) is 319 Å². The molecule has 3 N–H and O–H groups in total. The molecule has 1 amide bonds. The van der Waals surface area contributed by atoms with E-state index in [2.05, 4.69) is 67.8 Å². The summed E-state index contributed by atoms with van der Waals surface area (Å²) >= 11 is 0. The van der Waals surface area contributed by atoms with Crippen molar-refractivity contribution in [1.82, 2.24) is 5.32 Å². The Labute approximate surface area is 486 Å². The predicted molar refractivity (Wildman–Crippen MR) is 342 cm³/mol. The normalized spacial score (nSPS) is 12.9. The van der Waals surface area contributed by atoms with Crippen LogP contribution in [0.15, 0.2) is 60.8 Å². The van der Waals surface area contributed by atoms with Crippen LogP contribution in [-0.4, -0.2) is 47.4 Å². The third-order valence-corrected chi connectivity index (χ3v) is 15.8. The Morgan fingerprint density at radius 3 is 1.01 bits per heavy atom. The molecule has 78 heavy (non-hydrogen) atoms. The fourth-order valence-electron chi connectivity index (χ4n) is 10.4. The van der Waals surface area contributed by atoms with Crippen molar-refractivity contribution < 1.29 is 24.5 Å². The molecule has 0 aromatic heterocycles. The maximum Gasteiger partial charge on any atom is 0.305 e. The van der Waals surface area contributed by atoms with Gasteiger partial charge in [-0.2, -0.15) is 0 Å². The molecule has 0 fully saturated rings. The van der Waals surface area contributed by atoms with Crippen molar-refractivity contribution in [1.29, 1.82) is 0 Å². The molecule has 0 heterocycles. The van der Waals surface area contributed by atoms with Crippen molar-refractivity contribution in [3.63, 3.8) is 0 Å². The molecule has 0 bridgehead atoms. The number of ether oxygens (including phenoxy) is 1. The first kappa shape index (κ1) is 75.6. The Hall–Kier alpha value is -2.44. The molecule has 0 aliphatic carbocycles. The molecule has 6 nitrogen and oxygen atoms in total. The topological polar surface area (TPSA) is 95.9 Å². The summed E-state index contributed by atoms with van der Waals surface area (Å²) in [6.07, 6.45) is 88.6. The minimum atomic E-state index is -0.854. The third kappa shape index (κ3) is 62.8. The van der Waals surface area contributed by atoms with Crippen LogP contribution >= 0.6 is 0 Å². The molecule has 0 rings (SSSR count). The molecule has 0 radical (unpaired) electrons. The highest BCUT2D eigenvalue weighted by atomic mass is 16.5. The van der Waals surface area contributed by atoms with E-state index in [0.717, 1.165) is 70.6 Å². The first-order valence-electron chi connectivity index (χ1n) is 34.6. The summed E-state index contributed by atoms with van der Waals surface area (Å²) in [6.45, 7) is 4.87. The van der Waals surface area contributed by atoms with Crippen LogP contribution in [0.2, 0.25) is 0 Å². The van der Waals surface area contributed by atoms with Gasteiger partial charge >= 0.3 is 5.97 Å². The quantitative estimate of drug-likeness (QED) is 0.0320. The molecule has 0 spiro atoms. The SMILES string of the molecule is CCCC/C=C\C/C=C\CCCCCCCC(=O)OCCCCCCCCCCC/C=C\C/C=C\CCCCCCCCCC(=O)NC(CO)C(O)/C=C/CCCCCCCCCCCCCCCCCCCCCCCC. The van der Waals surface area contributed by atoms with E-state index in [-0.39, 0.29) is 18.5 Å². The molecule has 456 valence electrons. The number of allylic oxidation sites excluding steroid dienone is 9. The summed E-state index contributed by atoms with van der Waals surface area (Å²) < 4.78 is 5.47. The Bertz CT molecular complexity index is 1350. The van der Waals surface area contributed by atoms with Crippen LogP contribution in [0.3, 0.4) is 0 Å². The zero-order valence-corrected chi connectivity index (χ0v) is 52.1. The van der Waals surface area contributed by atoms with E-state index >= 15 is 0 Å². The minimum absolute atomic E-state index is 0.00826. The second kappa shape index (κ2) is 67.1. The largest absolute Gasteiger partial charge is 0.466 e. The molecule has 0 aromatic carbocycles. The Kier molecular flexibility index (Phi) is 65.0. The minimum Gasteiger partial charge on any atom is -0.466 e. The van der Waals surface area contributed by atoms with Gasteiger partial charge in [0.2, 0.25) is 5.91 Å². The number of aliphatic hydroxyl groups is 2. The van der Waals surface area contributed by atoms with Crippen LogP contribution in [0.5, 0.6) is 0 Å². The molecule has 0 aliphatic rings. The summed E-state index contributed by atoms with van der Waals surface area (Å²) in [5.41, 5.74) is 0. The van der Waals surface area contributed by atoms with Crippen molar-refractivity contribution >= 4 is 11.9 Å². The first-order valence-corrected chi connectivity index (χ1v) is 34.6. The summed E-state index contributed by atoms with van der Waals surface area (Å²) in [4.78, 5) is 24.6. The van der Waals surface area contributed by atoms with Gasteiger partial charge in [-0.15, -0.1) is 0 Å². The van der Waals surface area contributed by atoms with E-state index in [1.54, 1.807) is 6.08 Å². The zero-order chi connectivity index (χ0) is 56.4. The second-order valence-corrected chi connectivity index (χ2v) is 23.5. The number of esters is 1.